The number of carbonyl (C=O) groups is 2. The lowest BCUT2D eigenvalue weighted by Crippen LogP contribution is -2.68. The Morgan fingerprint density at radius 1 is 1.04 bits per heavy atom. The van der Waals surface area contributed by atoms with Crippen LogP contribution in [0.4, 0.5) is 9.59 Å². The van der Waals surface area contributed by atoms with Crippen LogP contribution >= 0.6 is 0 Å². The first kappa shape index (κ1) is 42.2. The average Bonchev–Trinajstić information content (AvgIpc) is 2.95. The highest BCUT2D eigenvalue weighted by Gasteiger charge is 2.54. The first-order valence-corrected chi connectivity index (χ1v) is 18.0. The van der Waals surface area contributed by atoms with Crippen LogP contribution in [-0.2, 0) is 23.7 Å². The fourth-order valence-corrected chi connectivity index (χ4v) is 7.30. The molecule has 12 atom stereocenters. The van der Waals surface area contributed by atoms with E-state index in [1.807, 2.05) is 13.0 Å². The van der Waals surface area contributed by atoms with Gasteiger partial charge in [0.15, 0.2) is 6.29 Å². The van der Waals surface area contributed by atoms with Crippen molar-refractivity contribution in [2.75, 3.05) is 33.3 Å². The van der Waals surface area contributed by atoms with E-state index in [1.165, 1.54) is 18.9 Å². The van der Waals surface area contributed by atoms with E-state index in [0.717, 1.165) is 18.6 Å². The van der Waals surface area contributed by atoms with E-state index in [0.29, 0.717) is 19.5 Å². The molecule has 6 N–H and O–H groups in total. The van der Waals surface area contributed by atoms with E-state index in [2.05, 4.69) is 24.5 Å². The lowest BCUT2D eigenvalue weighted by molar-refractivity contribution is -0.310. The standard InChI is InChI=1S/C36H65N3O11/c1-20-12-13-24(18-37-17-23(40)14-15-38-32(43)49-34(4,5)6)47-28(20)25-21(2)16-22(3)29(26(25)41)48-31-27(42)30(36(10,45)19-46-31)39(11)33(44)50-35(7,8)9/h13,20-23,25-31,37,40-42,45H,12,14-19H2,1-11H3,(H,38,43). The fraction of sp³-hybridized carbons (Fsp3) is 0.889. The van der Waals surface area contributed by atoms with Crippen molar-refractivity contribution in [2.45, 2.75) is 148 Å². The second-order valence-electron chi connectivity index (χ2n) is 16.9. The van der Waals surface area contributed by atoms with Gasteiger partial charge in [0.05, 0.1) is 37.5 Å². The third-order valence-electron chi connectivity index (χ3n) is 9.63. The van der Waals surface area contributed by atoms with E-state index < -0.39 is 65.7 Å². The molecule has 14 nitrogen and oxygen atoms in total. The number of allylic oxidation sites excluding steroid dienone is 1. The molecule has 50 heavy (non-hydrogen) atoms. The van der Waals surface area contributed by atoms with Gasteiger partial charge in [-0.15, -0.1) is 0 Å². The predicted octanol–water partition coefficient (Wildman–Crippen LogP) is 2.90. The van der Waals surface area contributed by atoms with Crippen molar-refractivity contribution in [3.8, 4) is 0 Å². The summed E-state index contributed by atoms with van der Waals surface area (Å²) in [5.74, 6) is 0.562. The molecule has 2 aliphatic heterocycles. The number of amides is 2. The third kappa shape index (κ3) is 11.7. The van der Waals surface area contributed by atoms with Gasteiger partial charge in [0.2, 0.25) is 0 Å². The summed E-state index contributed by atoms with van der Waals surface area (Å²) in [5, 5.41) is 50.8. The molecule has 1 aliphatic carbocycles. The Balaban J connectivity index is 1.61. The van der Waals surface area contributed by atoms with Crippen LogP contribution in [0.25, 0.3) is 0 Å². The number of hydrogen-bond donors (Lipinski definition) is 6. The molecule has 0 radical (unpaired) electrons. The number of likely N-dealkylation sites (N-methyl/N-ethyl adjacent to an activating group) is 1. The molecule has 0 spiro atoms. The highest BCUT2D eigenvalue weighted by atomic mass is 16.7. The predicted molar refractivity (Wildman–Crippen MR) is 186 cm³/mol. The summed E-state index contributed by atoms with van der Waals surface area (Å²) in [6.07, 6.45) is -2.65. The molecule has 0 bridgehead atoms. The van der Waals surface area contributed by atoms with Crippen LogP contribution in [0.1, 0.15) is 88.5 Å². The Morgan fingerprint density at radius 3 is 2.30 bits per heavy atom. The van der Waals surface area contributed by atoms with Crippen LogP contribution in [0.5, 0.6) is 0 Å². The molecule has 1 saturated heterocycles. The molecular formula is C36H65N3O11. The summed E-state index contributed by atoms with van der Waals surface area (Å²) >= 11 is 0. The van der Waals surface area contributed by atoms with E-state index in [4.69, 9.17) is 23.7 Å². The maximum atomic E-state index is 12.9. The lowest BCUT2D eigenvalue weighted by atomic mass is 9.67. The number of aliphatic hydroxyl groups excluding tert-OH is 3. The molecule has 12 unspecified atom stereocenters. The number of ether oxygens (including phenoxy) is 5. The molecule has 290 valence electrons. The van der Waals surface area contributed by atoms with Crippen LogP contribution in [0.15, 0.2) is 11.8 Å². The number of aliphatic hydroxyl groups is 4. The topological polar surface area (TPSA) is 189 Å². The Hall–Kier alpha value is -2.20. The van der Waals surface area contributed by atoms with Crippen LogP contribution in [0.3, 0.4) is 0 Å². The number of hydrogen-bond acceptors (Lipinski definition) is 12. The largest absolute Gasteiger partial charge is 0.493 e. The van der Waals surface area contributed by atoms with Gasteiger partial charge in [0.1, 0.15) is 34.8 Å². The third-order valence-corrected chi connectivity index (χ3v) is 9.63. The highest BCUT2D eigenvalue weighted by molar-refractivity contribution is 5.68. The van der Waals surface area contributed by atoms with Crippen molar-refractivity contribution >= 4 is 12.2 Å². The van der Waals surface area contributed by atoms with Crippen LogP contribution < -0.4 is 10.6 Å². The number of rotatable bonds is 11. The van der Waals surface area contributed by atoms with Crippen molar-refractivity contribution in [1.82, 2.24) is 15.5 Å². The van der Waals surface area contributed by atoms with Crippen molar-refractivity contribution in [1.29, 1.82) is 0 Å². The molecule has 3 rings (SSSR count). The Morgan fingerprint density at radius 2 is 1.68 bits per heavy atom. The summed E-state index contributed by atoms with van der Waals surface area (Å²) < 4.78 is 29.4. The minimum Gasteiger partial charge on any atom is -0.493 e. The molecule has 2 heterocycles. The zero-order valence-electron chi connectivity index (χ0n) is 32.0. The summed E-state index contributed by atoms with van der Waals surface area (Å²) in [6, 6.07) is -1.09. The second kappa shape index (κ2) is 17.1. The SMILES string of the molecule is CC1CC(C)C(C2OC(CNCC(O)CCNC(=O)OC(C)(C)C)=CCC2C)C(O)C1OC1OCC(C)(O)C(N(C)C(=O)OC(C)(C)C)C1O. The first-order valence-electron chi connectivity index (χ1n) is 18.0. The summed E-state index contributed by atoms with van der Waals surface area (Å²) in [6.45, 7) is 19.0. The summed E-state index contributed by atoms with van der Waals surface area (Å²) in [7, 11) is 1.46. The smallest absolute Gasteiger partial charge is 0.410 e. The van der Waals surface area contributed by atoms with Crippen molar-refractivity contribution < 1.29 is 53.7 Å². The van der Waals surface area contributed by atoms with E-state index in [-0.39, 0.29) is 42.9 Å². The van der Waals surface area contributed by atoms with Crippen LogP contribution in [0.2, 0.25) is 0 Å². The zero-order chi connectivity index (χ0) is 37.8. The minimum atomic E-state index is -1.59. The highest BCUT2D eigenvalue weighted by Crippen LogP contribution is 2.43. The van der Waals surface area contributed by atoms with Crippen molar-refractivity contribution in [2.24, 2.45) is 23.7 Å². The zero-order valence-corrected chi connectivity index (χ0v) is 32.0. The second-order valence-corrected chi connectivity index (χ2v) is 16.9. The van der Waals surface area contributed by atoms with E-state index in [1.54, 1.807) is 41.5 Å². The molecule has 3 aliphatic rings. The van der Waals surface area contributed by atoms with Gasteiger partial charge < -0.3 is 59.6 Å². The van der Waals surface area contributed by atoms with E-state index >= 15 is 0 Å². The molecule has 0 aromatic carbocycles. The molecule has 0 aromatic rings. The van der Waals surface area contributed by atoms with Crippen molar-refractivity contribution in [3.63, 3.8) is 0 Å². The number of nitrogens with zero attached hydrogens (tertiary/aromatic N) is 1. The van der Waals surface area contributed by atoms with Gasteiger partial charge in [0.25, 0.3) is 0 Å². The monoisotopic (exact) mass is 715 g/mol. The normalized spacial score (nSPS) is 35.7. The van der Waals surface area contributed by atoms with E-state index in [9.17, 15) is 30.0 Å². The molecule has 2 fully saturated rings. The number of nitrogens with one attached hydrogen (secondary N) is 2. The van der Waals surface area contributed by atoms with Gasteiger partial charge in [0, 0.05) is 26.1 Å². The van der Waals surface area contributed by atoms with Gasteiger partial charge >= 0.3 is 12.2 Å². The first-order chi connectivity index (χ1) is 23.0. The Bertz CT molecular complexity index is 1150. The van der Waals surface area contributed by atoms with Gasteiger partial charge in [-0.1, -0.05) is 20.8 Å². The molecular weight excluding hydrogens is 650 g/mol. The van der Waals surface area contributed by atoms with Gasteiger partial charge in [-0.2, -0.15) is 0 Å². The maximum absolute atomic E-state index is 12.9. The summed E-state index contributed by atoms with van der Waals surface area (Å²) in [4.78, 5) is 25.9. The van der Waals surface area contributed by atoms with Gasteiger partial charge in [-0.25, -0.2) is 9.59 Å². The number of alkyl carbamates (subject to hydrolysis) is 1. The van der Waals surface area contributed by atoms with Crippen LogP contribution in [0, 0.1) is 23.7 Å². The minimum absolute atomic E-state index is 0.0848. The van der Waals surface area contributed by atoms with Gasteiger partial charge in [-0.05, 0) is 91.6 Å². The van der Waals surface area contributed by atoms with Gasteiger partial charge in [-0.3, -0.25) is 0 Å². The summed E-state index contributed by atoms with van der Waals surface area (Å²) in [5.41, 5.74) is -2.96. The fourth-order valence-electron chi connectivity index (χ4n) is 7.30. The Kier molecular flexibility index (Phi) is 14.4. The molecule has 1 saturated carbocycles. The van der Waals surface area contributed by atoms with Crippen LogP contribution in [-0.4, -0.2) is 130 Å². The number of carbonyl (C=O) groups excluding carboxylic acids is 2. The molecule has 0 aromatic heterocycles. The lowest BCUT2D eigenvalue weighted by Gasteiger charge is -2.51. The van der Waals surface area contributed by atoms with Crippen molar-refractivity contribution in [3.05, 3.63) is 11.8 Å². The quantitative estimate of drug-likeness (QED) is 0.184. The Labute approximate surface area is 298 Å². The molecule has 2 amide bonds. The maximum Gasteiger partial charge on any atom is 0.410 e. The average molecular weight is 716 g/mol. The molecule has 14 heteroatoms.